The first-order valence-electron chi connectivity index (χ1n) is 11.7. The smallest absolute Gasteiger partial charge is 0.437 e. The van der Waals surface area contributed by atoms with Crippen molar-refractivity contribution in [3.05, 3.63) is 16.7 Å². The summed E-state index contributed by atoms with van der Waals surface area (Å²) in [6, 6.07) is 0. The van der Waals surface area contributed by atoms with Gasteiger partial charge in [0.1, 0.15) is 0 Å². The Morgan fingerprint density at radius 1 is 1.05 bits per heavy atom. The van der Waals surface area contributed by atoms with Crippen LogP contribution in [0.5, 0.6) is 0 Å². The van der Waals surface area contributed by atoms with Crippen LogP contribution < -0.4 is 11.3 Å². The molecular formula is C22H36N5O10P. The molecule has 0 amide bonds. The first kappa shape index (κ1) is 31.4. The zero-order valence-electron chi connectivity index (χ0n) is 22.6. The lowest BCUT2D eigenvalue weighted by atomic mass is 9.98. The number of esters is 2. The SMILES string of the molecule is COC(CCn1cnc2c(=O)[nH]c(N)nc21)COP(=O)(OCOC(=O)C(C)(C)C)OCOC(=O)C(C)(C)C. The fourth-order valence-corrected chi connectivity index (χ4v) is 3.63. The summed E-state index contributed by atoms with van der Waals surface area (Å²) in [5.74, 6) is -1.25. The minimum atomic E-state index is -4.37. The van der Waals surface area contributed by atoms with Crippen LogP contribution in [0.3, 0.4) is 0 Å². The van der Waals surface area contributed by atoms with E-state index in [0.717, 1.165) is 0 Å². The predicted octanol–water partition coefficient (Wildman–Crippen LogP) is 2.36. The van der Waals surface area contributed by atoms with Crippen molar-refractivity contribution < 1.29 is 41.9 Å². The van der Waals surface area contributed by atoms with E-state index in [9.17, 15) is 18.9 Å². The quantitative estimate of drug-likeness (QED) is 0.206. The molecule has 0 bridgehead atoms. The summed E-state index contributed by atoms with van der Waals surface area (Å²) in [6.45, 7) is 8.43. The number of phosphoric acid groups is 1. The van der Waals surface area contributed by atoms with Crippen molar-refractivity contribution in [2.24, 2.45) is 10.8 Å². The molecule has 0 aromatic carbocycles. The van der Waals surface area contributed by atoms with E-state index in [1.807, 2.05) is 0 Å². The number of carbonyl (C=O) groups is 2. The van der Waals surface area contributed by atoms with Gasteiger partial charge in [-0.05, 0) is 48.0 Å². The van der Waals surface area contributed by atoms with Crippen molar-refractivity contribution in [3.8, 4) is 0 Å². The molecule has 16 heteroatoms. The van der Waals surface area contributed by atoms with E-state index in [2.05, 4.69) is 15.0 Å². The average molecular weight is 562 g/mol. The van der Waals surface area contributed by atoms with Crippen molar-refractivity contribution in [3.63, 3.8) is 0 Å². The van der Waals surface area contributed by atoms with Gasteiger partial charge in [-0.2, -0.15) is 4.98 Å². The number of rotatable bonds is 13. The van der Waals surface area contributed by atoms with Gasteiger partial charge in [-0.3, -0.25) is 23.9 Å². The molecule has 214 valence electrons. The largest absolute Gasteiger partial charge is 0.480 e. The first-order chi connectivity index (χ1) is 17.6. The topological polar surface area (TPSA) is 196 Å². The molecule has 2 aromatic rings. The molecule has 2 rings (SSSR count). The Balaban J connectivity index is 2.03. The molecule has 0 aliphatic rings. The number of aromatic nitrogens is 4. The molecule has 0 fully saturated rings. The van der Waals surface area contributed by atoms with Gasteiger partial charge in [0.05, 0.1) is 29.9 Å². The Kier molecular flexibility index (Phi) is 10.6. The summed E-state index contributed by atoms with van der Waals surface area (Å²) < 4.78 is 45.9. The highest BCUT2D eigenvalue weighted by Gasteiger charge is 2.32. The second-order valence-electron chi connectivity index (χ2n) is 10.3. The Hall–Kier alpha value is -2.84. The number of hydrogen-bond acceptors (Lipinski definition) is 13. The summed E-state index contributed by atoms with van der Waals surface area (Å²) in [5, 5.41) is 0. The summed E-state index contributed by atoms with van der Waals surface area (Å²) in [4.78, 5) is 46.5. The molecule has 2 aromatic heterocycles. The van der Waals surface area contributed by atoms with Crippen molar-refractivity contribution >= 4 is 36.9 Å². The Bertz CT molecular complexity index is 1180. The lowest BCUT2D eigenvalue weighted by Gasteiger charge is -2.23. The number of ether oxygens (including phenoxy) is 3. The van der Waals surface area contributed by atoms with E-state index in [0.29, 0.717) is 18.6 Å². The third kappa shape index (κ3) is 9.17. The van der Waals surface area contributed by atoms with Gasteiger partial charge in [-0.1, -0.05) is 0 Å². The van der Waals surface area contributed by atoms with Crippen LogP contribution >= 0.6 is 7.82 Å². The molecule has 1 unspecified atom stereocenters. The summed E-state index contributed by atoms with van der Waals surface area (Å²) in [5.41, 5.74) is 3.94. The number of phosphoric ester groups is 1. The number of carbonyl (C=O) groups excluding carboxylic acids is 2. The summed E-state index contributed by atoms with van der Waals surface area (Å²) in [7, 11) is -2.95. The van der Waals surface area contributed by atoms with Crippen LogP contribution in [-0.2, 0) is 48.5 Å². The lowest BCUT2D eigenvalue weighted by Crippen LogP contribution is -2.25. The third-order valence-electron chi connectivity index (χ3n) is 4.96. The molecule has 2 heterocycles. The van der Waals surface area contributed by atoms with Crippen LogP contribution in [0, 0.1) is 10.8 Å². The van der Waals surface area contributed by atoms with Gasteiger partial charge in [0.2, 0.25) is 19.5 Å². The minimum Gasteiger partial charge on any atom is -0.437 e. The van der Waals surface area contributed by atoms with E-state index in [4.69, 9.17) is 33.5 Å². The molecule has 1 atom stereocenters. The van der Waals surface area contributed by atoms with Crippen molar-refractivity contribution in [2.75, 3.05) is 33.0 Å². The molecule has 0 aliphatic carbocycles. The molecule has 15 nitrogen and oxygen atoms in total. The molecule has 3 N–H and O–H groups in total. The maximum absolute atomic E-state index is 13.2. The third-order valence-corrected chi connectivity index (χ3v) is 6.27. The maximum Gasteiger partial charge on any atom is 0.480 e. The number of nitrogens with one attached hydrogen (secondary N) is 1. The Labute approximate surface area is 219 Å². The fraction of sp³-hybridized carbons (Fsp3) is 0.682. The number of nitrogens with zero attached hydrogens (tertiary/aromatic N) is 3. The highest BCUT2D eigenvalue weighted by molar-refractivity contribution is 7.48. The zero-order chi connectivity index (χ0) is 28.7. The van der Waals surface area contributed by atoms with Crippen LogP contribution in [0.2, 0.25) is 0 Å². The second-order valence-corrected chi connectivity index (χ2v) is 12.0. The van der Waals surface area contributed by atoms with Crippen LogP contribution in [0.15, 0.2) is 11.1 Å². The lowest BCUT2D eigenvalue weighted by molar-refractivity contribution is -0.163. The number of aromatic amines is 1. The molecule has 0 aliphatic heterocycles. The van der Waals surface area contributed by atoms with Crippen LogP contribution in [-0.4, -0.2) is 64.9 Å². The molecule has 38 heavy (non-hydrogen) atoms. The van der Waals surface area contributed by atoms with Crippen LogP contribution in [0.4, 0.5) is 5.95 Å². The number of imidazole rings is 1. The van der Waals surface area contributed by atoms with Crippen molar-refractivity contribution in [1.29, 1.82) is 0 Å². The number of fused-ring (bicyclic) bond motifs is 1. The highest BCUT2D eigenvalue weighted by atomic mass is 31.2. The first-order valence-corrected chi connectivity index (χ1v) is 13.1. The molecular weight excluding hydrogens is 525 g/mol. The van der Waals surface area contributed by atoms with Gasteiger partial charge in [0.25, 0.3) is 5.56 Å². The van der Waals surface area contributed by atoms with Gasteiger partial charge in [-0.15, -0.1) is 0 Å². The maximum atomic E-state index is 13.2. The van der Waals surface area contributed by atoms with E-state index >= 15 is 0 Å². The number of anilines is 1. The van der Waals surface area contributed by atoms with Crippen molar-refractivity contribution in [1.82, 2.24) is 19.5 Å². The predicted molar refractivity (Wildman–Crippen MR) is 135 cm³/mol. The fourth-order valence-electron chi connectivity index (χ4n) is 2.69. The number of methoxy groups -OCH3 is 1. The van der Waals surface area contributed by atoms with Gasteiger partial charge in [0, 0.05) is 13.7 Å². The van der Waals surface area contributed by atoms with Gasteiger partial charge in [-0.25, -0.2) is 18.6 Å². The molecule has 0 spiro atoms. The van der Waals surface area contributed by atoms with E-state index in [-0.39, 0.29) is 18.1 Å². The number of hydrogen-bond donors (Lipinski definition) is 2. The van der Waals surface area contributed by atoms with Crippen molar-refractivity contribution in [2.45, 2.75) is 60.6 Å². The molecule has 0 radical (unpaired) electrons. The summed E-state index contributed by atoms with van der Waals surface area (Å²) in [6.07, 6.45) is 1.13. The number of H-pyrrole nitrogens is 1. The highest BCUT2D eigenvalue weighted by Crippen LogP contribution is 2.49. The monoisotopic (exact) mass is 561 g/mol. The Morgan fingerprint density at radius 2 is 1.61 bits per heavy atom. The molecule has 0 saturated heterocycles. The van der Waals surface area contributed by atoms with E-state index in [1.165, 1.54) is 13.4 Å². The standard InChI is InChI=1S/C22H36N5O10P/c1-21(2,3)18(29)33-12-36-38(31,37-13-34-19(30)22(4,5)6)35-10-14(32-7)8-9-27-11-24-15-16(27)25-20(23)26-17(15)28/h11,14H,8-10,12-13H2,1-7H3,(H3,23,25,26,28). The number of nitrogens with two attached hydrogens (primary N) is 1. The van der Waals surface area contributed by atoms with Gasteiger partial charge in [0.15, 0.2) is 11.2 Å². The van der Waals surface area contributed by atoms with Crippen LogP contribution in [0.1, 0.15) is 48.0 Å². The second kappa shape index (κ2) is 12.8. The summed E-state index contributed by atoms with van der Waals surface area (Å²) >= 11 is 0. The number of nitrogen functional groups attached to an aromatic ring is 1. The Morgan fingerprint density at radius 3 is 2.11 bits per heavy atom. The molecule has 0 saturated carbocycles. The van der Waals surface area contributed by atoms with Gasteiger partial charge < -0.3 is 24.5 Å². The zero-order valence-corrected chi connectivity index (χ0v) is 23.5. The van der Waals surface area contributed by atoms with Crippen LogP contribution in [0.25, 0.3) is 11.2 Å². The minimum absolute atomic E-state index is 0.0505. The normalized spacial score (nSPS) is 13.4. The van der Waals surface area contributed by atoms with E-state index in [1.54, 1.807) is 46.1 Å². The van der Waals surface area contributed by atoms with Gasteiger partial charge >= 0.3 is 19.8 Å². The average Bonchev–Trinajstić information content (AvgIpc) is 3.21. The number of aryl methyl sites for hydroxylation is 1. The van der Waals surface area contributed by atoms with E-state index < -0.39 is 55.8 Å².